The minimum absolute atomic E-state index is 0. The van der Waals surface area contributed by atoms with E-state index in [1.807, 2.05) is 45.2 Å². The topological polar surface area (TPSA) is 30.2 Å². The maximum Gasteiger partial charge on any atom is 0.339 e. The van der Waals surface area contributed by atoms with Gasteiger partial charge in [0.25, 0.3) is 0 Å². The van der Waals surface area contributed by atoms with Crippen LogP contribution < -0.4 is 28.5 Å². The molecular weight excluding hydrogens is 421 g/mol. The van der Waals surface area contributed by atoms with E-state index in [1.165, 1.54) is 0 Å². The Balaban J connectivity index is 0.00000180. The molecule has 0 aliphatic heterocycles. The van der Waals surface area contributed by atoms with E-state index in [2.05, 4.69) is 20.5 Å². The molecular formula is C14H15BrINO2. The molecule has 0 spiro atoms. The molecule has 5 heteroatoms. The lowest BCUT2D eigenvalue weighted by Crippen LogP contribution is -3.00. The highest BCUT2D eigenvalue weighted by Gasteiger charge is 2.19. The van der Waals surface area contributed by atoms with Crippen molar-refractivity contribution in [3.63, 3.8) is 0 Å². The number of esters is 1. The van der Waals surface area contributed by atoms with Gasteiger partial charge in [-0.3, -0.25) is 0 Å². The average molecular weight is 436 g/mol. The van der Waals surface area contributed by atoms with Crippen LogP contribution in [0, 0.1) is 6.92 Å². The summed E-state index contributed by atoms with van der Waals surface area (Å²) in [4.78, 5) is 12.0. The van der Waals surface area contributed by atoms with Gasteiger partial charge in [0.05, 0.1) is 17.6 Å². The van der Waals surface area contributed by atoms with E-state index in [1.54, 1.807) is 0 Å². The highest BCUT2D eigenvalue weighted by atomic mass is 127. The number of pyridine rings is 1. The Bertz CT molecular complexity index is 628. The number of rotatable bonds is 2. The smallest absolute Gasteiger partial charge is 0.339 e. The number of carbonyl (C=O) groups excluding carboxylic acids is 1. The molecule has 1 aromatic carbocycles. The number of aromatic nitrogens is 1. The Kier molecular flexibility index (Phi) is 5.73. The van der Waals surface area contributed by atoms with Gasteiger partial charge in [-0.15, -0.1) is 0 Å². The van der Waals surface area contributed by atoms with Gasteiger partial charge in [-0.1, -0.05) is 15.9 Å². The van der Waals surface area contributed by atoms with Gasteiger partial charge in [0, 0.05) is 23.5 Å². The number of fused-ring (bicyclic) bond motifs is 1. The van der Waals surface area contributed by atoms with Crippen LogP contribution in [-0.2, 0) is 11.8 Å². The van der Waals surface area contributed by atoms with Crippen molar-refractivity contribution in [2.75, 3.05) is 6.61 Å². The highest BCUT2D eigenvalue weighted by molar-refractivity contribution is 9.10. The fraction of sp³-hybridized carbons (Fsp3) is 0.286. The normalized spacial score (nSPS) is 10.1. The zero-order valence-electron chi connectivity index (χ0n) is 11.0. The standard InChI is InChI=1S/C14H15BrNO2.HI/c1-4-18-14(17)12-7-9(2)16(3)13-6-5-10(15)8-11(12)13;/h5-8H,4H2,1-3H3;1H/q+1;/p-1. The monoisotopic (exact) mass is 435 g/mol. The van der Waals surface area contributed by atoms with Crippen LogP contribution in [0.5, 0.6) is 0 Å². The molecule has 0 atom stereocenters. The van der Waals surface area contributed by atoms with Crippen LogP contribution in [0.15, 0.2) is 28.7 Å². The molecule has 0 aliphatic rings. The first kappa shape index (κ1) is 16.4. The molecule has 2 aromatic rings. The molecule has 19 heavy (non-hydrogen) atoms. The predicted octanol–water partition coefficient (Wildman–Crippen LogP) is -0.0841. The fourth-order valence-electron chi connectivity index (χ4n) is 1.97. The van der Waals surface area contributed by atoms with Crippen molar-refractivity contribution in [2.24, 2.45) is 7.05 Å². The minimum Gasteiger partial charge on any atom is -1.00 e. The van der Waals surface area contributed by atoms with E-state index in [9.17, 15) is 4.79 Å². The summed E-state index contributed by atoms with van der Waals surface area (Å²) in [6.07, 6.45) is 0. The first-order valence-electron chi connectivity index (χ1n) is 5.80. The van der Waals surface area contributed by atoms with E-state index in [0.29, 0.717) is 12.2 Å². The number of aryl methyl sites for hydroxylation is 2. The summed E-state index contributed by atoms with van der Waals surface area (Å²) in [6.45, 7) is 4.17. The van der Waals surface area contributed by atoms with E-state index in [0.717, 1.165) is 21.1 Å². The maximum atomic E-state index is 12.0. The van der Waals surface area contributed by atoms with Crippen LogP contribution in [0.3, 0.4) is 0 Å². The van der Waals surface area contributed by atoms with Crippen molar-refractivity contribution < 1.29 is 38.1 Å². The number of hydrogen-bond acceptors (Lipinski definition) is 2. The second-order valence-electron chi connectivity index (χ2n) is 4.14. The lowest BCUT2D eigenvalue weighted by Gasteiger charge is -2.07. The van der Waals surface area contributed by atoms with Gasteiger partial charge < -0.3 is 28.7 Å². The second kappa shape index (κ2) is 6.65. The molecule has 0 bridgehead atoms. The highest BCUT2D eigenvalue weighted by Crippen LogP contribution is 2.22. The largest absolute Gasteiger partial charge is 1.00 e. The van der Waals surface area contributed by atoms with E-state index in [-0.39, 0.29) is 29.9 Å². The molecule has 0 amide bonds. The molecule has 0 saturated heterocycles. The predicted molar refractivity (Wildman–Crippen MR) is 73.5 cm³/mol. The Morgan fingerprint density at radius 2 is 2.05 bits per heavy atom. The van der Waals surface area contributed by atoms with Gasteiger partial charge >= 0.3 is 5.97 Å². The quantitative estimate of drug-likeness (QED) is 0.375. The molecule has 0 fully saturated rings. The van der Waals surface area contributed by atoms with Gasteiger partial charge in [-0.05, 0) is 19.1 Å². The molecule has 1 aromatic heterocycles. The zero-order chi connectivity index (χ0) is 13.3. The number of carbonyl (C=O) groups is 1. The first-order valence-corrected chi connectivity index (χ1v) is 6.60. The summed E-state index contributed by atoms with van der Waals surface area (Å²) in [5.74, 6) is -0.274. The van der Waals surface area contributed by atoms with Gasteiger partial charge in [-0.2, -0.15) is 4.57 Å². The summed E-state index contributed by atoms with van der Waals surface area (Å²) in [5, 5.41) is 0.899. The summed E-state index contributed by atoms with van der Waals surface area (Å²) in [7, 11) is 1.99. The van der Waals surface area contributed by atoms with Crippen LogP contribution in [-0.4, -0.2) is 12.6 Å². The lowest BCUT2D eigenvalue weighted by atomic mass is 10.1. The van der Waals surface area contributed by atoms with Crippen LogP contribution >= 0.6 is 15.9 Å². The van der Waals surface area contributed by atoms with Crippen LogP contribution in [0.1, 0.15) is 23.0 Å². The Labute approximate surface area is 138 Å². The third-order valence-electron chi connectivity index (χ3n) is 2.99. The van der Waals surface area contributed by atoms with Crippen molar-refractivity contribution in [3.8, 4) is 0 Å². The van der Waals surface area contributed by atoms with Gasteiger partial charge in [-0.25, -0.2) is 4.79 Å². The van der Waals surface area contributed by atoms with Crippen LogP contribution in [0.4, 0.5) is 0 Å². The van der Waals surface area contributed by atoms with Crippen molar-refractivity contribution in [1.29, 1.82) is 0 Å². The first-order chi connectivity index (χ1) is 8.54. The fourth-order valence-corrected chi connectivity index (χ4v) is 2.33. The van der Waals surface area contributed by atoms with E-state index >= 15 is 0 Å². The molecule has 0 radical (unpaired) electrons. The molecule has 3 nitrogen and oxygen atoms in total. The molecule has 0 saturated carbocycles. The molecule has 102 valence electrons. The van der Waals surface area contributed by atoms with E-state index in [4.69, 9.17) is 4.74 Å². The molecule has 2 rings (SSSR count). The van der Waals surface area contributed by atoms with E-state index < -0.39 is 0 Å². The Morgan fingerprint density at radius 3 is 2.68 bits per heavy atom. The third-order valence-corrected chi connectivity index (χ3v) is 3.48. The number of nitrogens with zero attached hydrogens (tertiary/aromatic N) is 1. The summed E-state index contributed by atoms with van der Waals surface area (Å²) < 4.78 is 8.12. The Hall–Kier alpha value is -0.690. The summed E-state index contributed by atoms with van der Waals surface area (Å²) >= 11 is 3.44. The second-order valence-corrected chi connectivity index (χ2v) is 5.06. The van der Waals surface area contributed by atoms with Crippen molar-refractivity contribution >= 4 is 32.8 Å². The van der Waals surface area contributed by atoms with Gasteiger partial charge in [0.2, 0.25) is 5.52 Å². The molecule has 0 aliphatic carbocycles. The molecule has 0 unspecified atom stereocenters. The van der Waals surface area contributed by atoms with Crippen molar-refractivity contribution in [1.82, 2.24) is 0 Å². The van der Waals surface area contributed by atoms with Crippen molar-refractivity contribution in [2.45, 2.75) is 13.8 Å². The van der Waals surface area contributed by atoms with Crippen LogP contribution in [0.25, 0.3) is 10.9 Å². The Morgan fingerprint density at radius 1 is 1.37 bits per heavy atom. The molecule has 0 N–H and O–H groups in total. The summed E-state index contributed by atoms with van der Waals surface area (Å²) in [6, 6.07) is 7.78. The van der Waals surface area contributed by atoms with Gasteiger partial charge in [0.1, 0.15) is 7.05 Å². The molecule has 1 heterocycles. The number of benzene rings is 1. The maximum absolute atomic E-state index is 12.0. The number of halogens is 2. The lowest BCUT2D eigenvalue weighted by molar-refractivity contribution is -0.651. The SMILES string of the molecule is CCOC(=O)c1cc(C)[n+](C)c2ccc(Br)cc12.[I-]. The average Bonchev–Trinajstić information content (AvgIpc) is 2.34. The summed E-state index contributed by atoms with van der Waals surface area (Å²) in [5.41, 5.74) is 2.65. The number of hydrogen-bond donors (Lipinski definition) is 0. The third kappa shape index (κ3) is 3.25. The van der Waals surface area contributed by atoms with Crippen LogP contribution in [0.2, 0.25) is 0 Å². The minimum atomic E-state index is -0.274. The van der Waals surface area contributed by atoms with Crippen molar-refractivity contribution in [3.05, 3.63) is 40.0 Å². The number of ether oxygens (including phenoxy) is 1. The zero-order valence-corrected chi connectivity index (χ0v) is 14.8. The van der Waals surface area contributed by atoms with Gasteiger partial charge in [0.15, 0.2) is 5.69 Å².